The summed E-state index contributed by atoms with van der Waals surface area (Å²) in [4.78, 5) is 23.3. The maximum Gasteiger partial charge on any atom is 0.471 e. The van der Waals surface area contributed by atoms with Crippen molar-refractivity contribution in [1.82, 2.24) is 4.31 Å². The summed E-state index contributed by atoms with van der Waals surface area (Å²) in [5, 5.41) is 1.73. The molecule has 0 aliphatic carbocycles. The van der Waals surface area contributed by atoms with Gasteiger partial charge in [0.05, 0.1) is 4.90 Å². The predicted molar refractivity (Wildman–Crippen MR) is 102 cm³/mol. The van der Waals surface area contributed by atoms with Crippen molar-refractivity contribution in [3.63, 3.8) is 0 Å². The Morgan fingerprint density at radius 2 is 1.66 bits per heavy atom. The molecule has 2 rings (SSSR count). The van der Waals surface area contributed by atoms with Gasteiger partial charge in [0, 0.05) is 25.3 Å². The Hall–Kier alpha value is -2.98. The first-order chi connectivity index (χ1) is 13.4. The van der Waals surface area contributed by atoms with Crippen LogP contribution in [0.4, 0.5) is 18.9 Å². The molecule has 0 aliphatic rings. The molecular formula is C19H17F3N2O4S. The summed E-state index contributed by atoms with van der Waals surface area (Å²) < 4.78 is 62.0. The van der Waals surface area contributed by atoms with Crippen LogP contribution >= 0.6 is 0 Å². The molecule has 154 valence electrons. The zero-order chi connectivity index (χ0) is 21.8. The third-order valence-electron chi connectivity index (χ3n) is 3.75. The predicted octanol–water partition coefficient (Wildman–Crippen LogP) is 3.33. The van der Waals surface area contributed by atoms with Gasteiger partial charge in [-0.2, -0.15) is 13.2 Å². The standard InChI is InChI=1S/C19H17F3N2O4S/c1-24(2)29(27,28)16-9-7-14(8-10-16)17(25)11-6-13-4-3-5-15(12-13)23-18(26)19(20,21)22/h3-12H,1-2H3,(H,23,26)/b11-6+. The average molecular weight is 426 g/mol. The van der Waals surface area contributed by atoms with Gasteiger partial charge in [-0.05, 0) is 48.0 Å². The van der Waals surface area contributed by atoms with E-state index in [2.05, 4.69) is 0 Å². The molecular weight excluding hydrogens is 409 g/mol. The minimum absolute atomic E-state index is 0.0381. The molecule has 2 aromatic rings. The number of ketones is 1. The average Bonchev–Trinajstić information content (AvgIpc) is 2.65. The molecule has 10 heteroatoms. The summed E-state index contributed by atoms with van der Waals surface area (Å²) >= 11 is 0. The molecule has 1 N–H and O–H groups in total. The van der Waals surface area contributed by atoms with E-state index in [1.807, 2.05) is 0 Å². The van der Waals surface area contributed by atoms with E-state index in [0.29, 0.717) is 5.56 Å². The third-order valence-corrected chi connectivity index (χ3v) is 5.58. The lowest BCUT2D eigenvalue weighted by molar-refractivity contribution is -0.167. The number of allylic oxidation sites excluding steroid dienone is 1. The molecule has 0 radical (unpaired) electrons. The van der Waals surface area contributed by atoms with Gasteiger partial charge in [0.1, 0.15) is 0 Å². The van der Waals surface area contributed by atoms with Gasteiger partial charge in [0.15, 0.2) is 5.78 Å². The molecule has 0 aromatic heterocycles. The highest BCUT2D eigenvalue weighted by Crippen LogP contribution is 2.20. The number of hydrogen-bond acceptors (Lipinski definition) is 4. The molecule has 2 aromatic carbocycles. The second-order valence-electron chi connectivity index (χ2n) is 6.09. The molecule has 29 heavy (non-hydrogen) atoms. The van der Waals surface area contributed by atoms with Crippen molar-refractivity contribution >= 4 is 33.5 Å². The lowest BCUT2D eigenvalue weighted by Gasteiger charge is -2.11. The third kappa shape index (κ3) is 5.75. The van der Waals surface area contributed by atoms with Crippen LogP contribution in [-0.2, 0) is 14.8 Å². The number of rotatable bonds is 6. The molecule has 1 amide bonds. The van der Waals surface area contributed by atoms with Crippen LogP contribution in [0.25, 0.3) is 6.08 Å². The number of halogens is 3. The van der Waals surface area contributed by atoms with E-state index in [1.165, 1.54) is 68.7 Å². The molecule has 0 spiro atoms. The first-order valence-electron chi connectivity index (χ1n) is 8.14. The van der Waals surface area contributed by atoms with E-state index >= 15 is 0 Å². The summed E-state index contributed by atoms with van der Waals surface area (Å²) in [6, 6.07) is 10.9. The summed E-state index contributed by atoms with van der Waals surface area (Å²) in [6.45, 7) is 0. The molecule has 0 saturated heterocycles. The number of carbonyl (C=O) groups excluding carboxylic acids is 2. The highest BCUT2D eigenvalue weighted by Gasteiger charge is 2.38. The molecule has 0 unspecified atom stereocenters. The van der Waals surface area contributed by atoms with Crippen LogP contribution in [0, 0.1) is 0 Å². The zero-order valence-electron chi connectivity index (χ0n) is 15.4. The van der Waals surface area contributed by atoms with Gasteiger partial charge in [-0.3, -0.25) is 9.59 Å². The summed E-state index contributed by atoms with van der Waals surface area (Å²) in [5.74, 6) is -2.52. The van der Waals surface area contributed by atoms with Crippen LogP contribution in [0.1, 0.15) is 15.9 Å². The van der Waals surface area contributed by atoms with Gasteiger partial charge in [-0.25, -0.2) is 12.7 Å². The van der Waals surface area contributed by atoms with Gasteiger partial charge >= 0.3 is 12.1 Å². The number of benzene rings is 2. The van der Waals surface area contributed by atoms with Crippen LogP contribution in [-0.4, -0.2) is 44.7 Å². The second kappa shape index (κ2) is 8.58. The van der Waals surface area contributed by atoms with Crippen molar-refractivity contribution < 1.29 is 31.2 Å². The van der Waals surface area contributed by atoms with Crippen LogP contribution in [0.5, 0.6) is 0 Å². The SMILES string of the molecule is CN(C)S(=O)(=O)c1ccc(C(=O)/C=C/c2cccc(NC(=O)C(F)(F)F)c2)cc1. The number of nitrogens with zero attached hydrogens (tertiary/aromatic N) is 1. The van der Waals surface area contributed by atoms with Gasteiger partial charge in [-0.1, -0.05) is 18.2 Å². The van der Waals surface area contributed by atoms with Crippen molar-refractivity contribution in [2.24, 2.45) is 0 Å². The maximum atomic E-state index is 12.3. The Kier molecular flexibility index (Phi) is 6.60. The van der Waals surface area contributed by atoms with E-state index in [0.717, 1.165) is 4.31 Å². The maximum absolute atomic E-state index is 12.3. The molecule has 0 heterocycles. The molecule has 0 bridgehead atoms. The Labute approximate surface area is 165 Å². The topological polar surface area (TPSA) is 83.6 Å². The fourth-order valence-electron chi connectivity index (χ4n) is 2.19. The minimum Gasteiger partial charge on any atom is -0.318 e. The van der Waals surface area contributed by atoms with Crippen molar-refractivity contribution in [3.8, 4) is 0 Å². The first-order valence-corrected chi connectivity index (χ1v) is 9.58. The van der Waals surface area contributed by atoms with Gasteiger partial charge < -0.3 is 5.32 Å². The van der Waals surface area contributed by atoms with Crippen molar-refractivity contribution in [3.05, 3.63) is 65.7 Å². The number of hydrogen-bond donors (Lipinski definition) is 1. The van der Waals surface area contributed by atoms with E-state index in [9.17, 15) is 31.2 Å². The molecule has 0 saturated carbocycles. The number of anilines is 1. The van der Waals surface area contributed by atoms with Gasteiger partial charge in [0.25, 0.3) is 0 Å². The molecule has 0 aliphatic heterocycles. The Balaban J connectivity index is 2.13. The fourth-order valence-corrected chi connectivity index (χ4v) is 3.09. The molecule has 0 fully saturated rings. The highest BCUT2D eigenvalue weighted by molar-refractivity contribution is 7.89. The number of nitrogens with one attached hydrogen (secondary N) is 1. The zero-order valence-corrected chi connectivity index (χ0v) is 16.2. The van der Waals surface area contributed by atoms with E-state index in [-0.39, 0.29) is 16.1 Å². The lowest BCUT2D eigenvalue weighted by Crippen LogP contribution is -2.29. The monoisotopic (exact) mass is 426 g/mol. The summed E-state index contributed by atoms with van der Waals surface area (Å²) in [7, 11) is -0.828. The van der Waals surface area contributed by atoms with Crippen molar-refractivity contribution in [1.29, 1.82) is 0 Å². The lowest BCUT2D eigenvalue weighted by atomic mass is 10.1. The normalized spacial score (nSPS) is 12.3. The largest absolute Gasteiger partial charge is 0.471 e. The molecule has 0 atom stereocenters. The molecule has 6 nitrogen and oxygen atoms in total. The smallest absolute Gasteiger partial charge is 0.318 e. The van der Waals surface area contributed by atoms with Crippen LogP contribution in [0.15, 0.2) is 59.5 Å². The highest BCUT2D eigenvalue weighted by atomic mass is 32.2. The quantitative estimate of drug-likeness (QED) is 0.567. The van der Waals surface area contributed by atoms with E-state index < -0.39 is 27.9 Å². The van der Waals surface area contributed by atoms with Crippen LogP contribution in [0.2, 0.25) is 0 Å². The van der Waals surface area contributed by atoms with Crippen LogP contribution < -0.4 is 5.32 Å². The van der Waals surface area contributed by atoms with Gasteiger partial charge in [0.2, 0.25) is 10.0 Å². The van der Waals surface area contributed by atoms with Crippen molar-refractivity contribution in [2.45, 2.75) is 11.1 Å². The van der Waals surface area contributed by atoms with Gasteiger partial charge in [-0.15, -0.1) is 0 Å². The number of amides is 1. The second-order valence-corrected chi connectivity index (χ2v) is 8.24. The number of alkyl halides is 3. The number of carbonyl (C=O) groups is 2. The first kappa shape index (κ1) is 22.3. The van der Waals surface area contributed by atoms with E-state index in [1.54, 1.807) is 11.4 Å². The minimum atomic E-state index is -5.01. The Bertz CT molecular complexity index is 1040. The van der Waals surface area contributed by atoms with E-state index in [4.69, 9.17) is 0 Å². The summed E-state index contributed by atoms with van der Waals surface area (Å²) in [6.07, 6.45) is -2.44. The Morgan fingerprint density at radius 1 is 1.03 bits per heavy atom. The summed E-state index contributed by atoms with van der Waals surface area (Å²) in [5.41, 5.74) is 0.561. The Morgan fingerprint density at radius 3 is 2.21 bits per heavy atom. The van der Waals surface area contributed by atoms with Crippen molar-refractivity contribution in [2.75, 3.05) is 19.4 Å². The number of sulfonamides is 1. The van der Waals surface area contributed by atoms with Crippen LogP contribution in [0.3, 0.4) is 0 Å². The fraction of sp³-hybridized carbons (Fsp3) is 0.158.